The number of carbonyl (C=O) groups is 1. The summed E-state index contributed by atoms with van der Waals surface area (Å²) in [5.41, 5.74) is -0.542. The zero-order chi connectivity index (χ0) is 21.3. The van der Waals surface area contributed by atoms with Gasteiger partial charge in [0.2, 0.25) is 0 Å². The zero-order valence-corrected chi connectivity index (χ0v) is 17.6. The summed E-state index contributed by atoms with van der Waals surface area (Å²) in [5, 5.41) is 17.5. The summed E-state index contributed by atoms with van der Waals surface area (Å²) in [6.45, 7) is 9.96. The second-order valence-corrected chi connectivity index (χ2v) is 7.16. The van der Waals surface area contributed by atoms with Crippen molar-refractivity contribution in [1.29, 1.82) is 0 Å². The Kier molecular flexibility index (Phi) is 16.0. The zero-order valence-electron chi connectivity index (χ0n) is 17.6. The van der Waals surface area contributed by atoms with Crippen LogP contribution in [0.4, 0.5) is 0 Å². The number of hydrogen-bond donors (Lipinski definition) is 2. The molecular formula is C20H38O8. The van der Waals surface area contributed by atoms with Crippen LogP contribution in [0.1, 0.15) is 59.3 Å². The van der Waals surface area contributed by atoms with Gasteiger partial charge in [-0.1, -0.05) is 26.3 Å². The van der Waals surface area contributed by atoms with E-state index in [0.29, 0.717) is 19.4 Å². The van der Waals surface area contributed by atoms with Gasteiger partial charge in [0.25, 0.3) is 0 Å². The van der Waals surface area contributed by atoms with Crippen LogP contribution in [-0.4, -0.2) is 62.0 Å². The third kappa shape index (κ3) is 14.8. The summed E-state index contributed by atoms with van der Waals surface area (Å²) in [6.07, 6.45) is 4.18. The van der Waals surface area contributed by atoms with E-state index in [4.69, 9.17) is 33.9 Å². The number of aliphatic hydroxyl groups excluding tert-OH is 1. The number of rotatable bonds is 19. The van der Waals surface area contributed by atoms with Crippen LogP contribution in [0.25, 0.3) is 0 Å². The fourth-order valence-corrected chi connectivity index (χ4v) is 2.02. The van der Waals surface area contributed by atoms with E-state index in [2.05, 4.69) is 6.58 Å². The Balaban J connectivity index is 4.04. The first-order chi connectivity index (χ1) is 13.3. The van der Waals surface area contributed by atoms with Gasteiger partial charge in [0, 0.05) is 6.61 Å². The average Bonchev–Trinajstić information content (AvgIpc) is 2.66. The van der Waals surface area contributed by atoms with Gasteiger partial charge < -0.3 is 33.9 Å². The summed E-state index contributed by atoms with van der Waals surface area (Å²) >= 11 is 0. The van der Waals surface area contributed by atoms with Gasteiger partial charge in [-0.05, 0) is 39.5 Å². The van der Waals surface area contributed by atoms with E-state index in [-0.39, 0.29) is 32.8 Å². The molecule has 28 heavy (non-hydrogen) atoms. The molecule has 0 amide bonds. The fraction of sp³-hybridized carbons (Fsp3) is 0.850. The molecule has 0 aliphatic heterocycles. The van der Waals surface area contributed by atoms with Crippen LogP contribution >= 0.6 is 0 Å². The van der Waals surface area contributed by atoms with Gasteiger partial charge in [-0.25, -0.2) is 0 Å². The van der Waals surface area contributed by atoms with Crippen LogP contribution in [0.15, 0.2) is 12.8 Å². The molecular weight excluding hydrogens is 368 g/mol. The predicted molar refractivity (Wildman–Crippen MR) is 104 cm³/mol. The summed E-state index contributed by atoms with van der Waals surface area (Å²) in [5.74, 6) is -0.278. The van der Waals surface area contributed by atoms with Crippen LogP contribution in [-0.2, 0) is 28.5 Å². The lowest BCUT2D eigenvalue weighted by molar-refractivity contribution is -0.170. The molecule has 2 N–H and O–H groups in total. The molecule has 1 unspecified atom stereocenters. The molecule has 0 spiro atoms. The number of unbranched alkanes of at least 4 members (excludes halogenated alkanes) is 3. The number of ether oxygens (including phenoxy) is 5. The number of hydrogen-bond acceptors (Lipinski definition) is 8. The number of aliphatic hydroxyl groups is 2. The fourth-order valence-electron chi connectivity index (χ4n) is 2.02. The molecule has 1 atom stereocenters. The SMILES string of the molecule is C=COCOCC(COC(=O)C(C)(C)CC)OCOCCCCCCC(O)O. The highest BCUT2D eigenvalue weighted by molar-refractivity contribution is 5.75. The Morgan fingerprint density at radius 2 is 1.79 bits per heavy atom. The molecule has 166 valence electrons. The summed E-state index contributed by atoms with van der Waals surface area (Å²) in [7, 11) is 0. The molecule has 0 saturated heterocycles. The predicted octanol–water partition coefficient (Wildman–Crippen LogP) is 2.72. The Bertz CT molecular complexity index is 398. The molecule has 0 aliphatic rings. The second kappa shape index (κ2) is 16.7. The largest absolute Gasteiger partial charge is 0.476 e. The molecule has 0 bridgehead atoms. The smallest absolute Gasteiger partial charge is 0.311 e. The molecule has 0 radical (unpaired) electrons. The topological polar surface area (TPSA) is 104 Å². The summed E-state index contributed by atoms with van der Waals surface area (Å²) < 4.78 is 26.6. The van der Waals surface area contributed by atoms with E-state index in [0.717, 1.165) is 25.7 Å². The first-order valence-electron chi connectivity index (χ1n) is 9.86. The molecule has 0 aromatic rings. The van der Waals surface area contributed by atoms with Crippen molar-refractivity contribution >= 4 is 5.97 Å². The number of carbonyl (C=O) groups excluding carboxylic acids is 1. The van der Waals surface area contributed by atoms with E-state index in [1.807, 2.05) is 20.8 Å². The van der Waals surface area contributed by atoms with Gasteiger partial charge in [0.05, 0.1) is 18.3 Å². The molecule has 8 nitrogen and oxygen atoms in total. The Labute approximate surface area is 168 Å². The third-order valence-electron chi connectivity index (χ3n) is 4.30. The molecule has 0 fully saturated rings. The normalized spacial score (nSPS) is 12.8. The highest BCUT2D eigenvalue weighted by Crippen LogP contribution is 2.21. The molecule has 0 saturated carbocycles. The quantitative estimate of drug-likeness (QED) is 0.146. The van der Waals surface area contributed by atoms with Crippen LogP contribution in [0.2, 0.25) is 0 Å². The first kappa shape index (κ1) is 26.8. The van der Waals surface area contributed by atoms with E-state index < -0.39 is 17.8 Å². The first-order valence-corrected chi connectivity index (χ1v) is 9.86. The van der Waals surface area contributed by atoms with Crippen LogP contribution in [0.3, 0.4) is 0 Å². The van der Waals surface area contributed by atoms with E-state index in [1.54, 1.807) is 0 Å². The maximum Gasteiger partial charge on any atom is 0.311 e. The minimum Gasteiger partial charge on any atom is -0.476 e. The molecule has 0 rings (SSSR count). The minimum absolute atomic E-state index is 0.0428. The molecule has 8 heteroatoms. The maximum absolute atomic E-state index is 12.1. The maximum atomic E-state index is 12.1. The molecule has 0 aromatic carbocycles. The van der Waals surface area contributed by atoms with Gasteiger partial charge in [0.1, 0.15) is 19.5 Å². The molecule has 0 aliphatic carbocycles. The van der Waals surface area contributed by atoms with E-state index in [1.165, 1.54) is 6.26 Å². The van der Waals surface area contributed by atoms with Crippen molar-refractivity contribution in [2.24, 2.45) is 5.41 Å². The lowest BCUT2D eigenvalue weighted by Gasteiger charge is -2.23. The van der Waals surface area contributed by atoms with Gasteiger partial charge >= 0.3 is 5.97 Å². The van der Waals surface area contributed by atoms with Crippen molar-refractivity contribution < 1.29 is 38.7 Å². The van der Waals surface area contributed by atoms with Crippen molar-refractivity contribution in [1.82, 2.24) is 0 Å². The minimum atomic E-state index is -1.22. The third-order valence-corrected chi connectivity index (χ3v) is 4.30. The lowest BCUT2D eigenvalue weighted by atomic mass is 9.91. The monoisotopic (exact) mass is 406 g/mol. The van der Waals surface area contributed by atoms with Crippen LogP contribution in [0, 0.1) is 5.41 Å². The highest BCUT2D eigenvalue weighted by Gasteiger charge is 2.28. The standard InChI is InChI=1S/C20H38O8/c1-5-20(3,4)19(23)27-14-17(13-26-15-24-6-2)28-16-25-12-10-8-7-9-11-18(21)22/h6,17-18,21-22H,2,5,7-16H2,1,3-4H3. The molecule has 0 aromatic heterocycles. The highest BCUT2D eigenvalue weighted by atomic mass is 16.7. The van der Waals surface area contributed by atoms with E-state index in [9.17, 15) is 4.79 Å². The van der Waals surface area contributed by atoms with Gasteiger partial charge in [-0.15, -0.1) is 0 Å². The van der Waals surface area contributed by atoms with Crippen molar-refractivity contribution in [2.45, 2.75) is 71.7 Å². The summed E-state index contributed by atoms with van der Waals surface area (Å²) in [6, 6.07) is 0. The average molecular weight is 407 g/mol. The van der Waals surface area contributed by atoms with Crippen molar-refractivity contribution in [3.8, 4) is 0 Å². The Hall–Kier alpha value is -1.19. The number of esters is 1. The molecule has 0 heterocycles. The van der Waals surface area contributed by atoms with Crippen molar-refractivity contribution in [3.05, 3.63) is 12.8 Å². The Morgan fingerprint density at radius 1 is 1.07 bits per heavy atom. The van der Waals surface area contributed by atoms with E-state index >= 15 is 0 Å². The van der Waals surface area contributed by atoms with Gasteiger partial charge in [0.15, 0.2) is 13.1 Å². The van der Waals surface area contributed by atoms with Crippen LogP contribution in [0.5, 0.6) is 0 Å². The lowest BCUT2D eigenvalue weighted by Crippen LogP contribution is -2.33. The summed E-state index contributed by atoms with van der Waals surface area (Å²) in [4.78, 5) is 12.1. The van der Waals surface area contributed by atoms with Gasteiger partial charge in [-0.2, -0.15) is 0 Å². The van der Waals surface area contributed by atoms with Gasteiger partial charge in [-0.3, -0.25) is 4.79 Å². The van der Waals surface area contributed by atoms with Crippen LogP contribution < -0.4 is 0 Å². The Morgan fingerprint density at radius 3 is 2.43 bits per heavy atom. The van der Waals surface area contributed by atoms with Crippen molar-refractivity contribution in [3.63, 3.8) is 0 Å². The second-order valence-electron chi connectivity index (χ2n) is 7.16. The van der Waals surface area contributed by atoms with Crippen molar-refractivity contribution in [2.75, 3.05) is 33.4 Å².